The lowest BCUT2D eigenvalue weighted by molar-refractivity contribution is 0.291. The van der Waals surface area contributed by atoms with Crippen LogP contribution in [0.1, 0.15) is 18.4 Å². The van der Waals surface area contributed by atoms with Crippen molar-refractivity contribution < 1.29 is 4.39 Å². The lowest BCUT2D eigenvalue weighted by Crippen LogP contribution is -2.36. The number of nitrogens with two attached hydrogens (primary N) is 1. The van der Waals surface area contributed by atoms with E-state index in [4.69, 9.17) is 17.3 Å². The van der Waals surface area contributed by atoms with Crippen molar-refractivity contribution in [3.63, 3.8) is 0 Å². The normalized spacial score (nSPS) is 17.8. The van der Waals surface area contributed by atoms with Crippen molar-refractivity contribution in [1.82, 2.24) is 4.90 Å². The highest BCUT2D eigenvalue weighted by Gasteiger charge is 2.38. The molecule has 4 heteroatoms. The summed E-state index contributed by atoms with van der Waals surface area (Å²) in [5.41, 5.74) is 6.59. The number of likely N-dealkylation sites (N-methyl/N-ethyl adjacent to an activating group) is 1. The van der Waals surface area contributed by atoms with E-state index in [-0.39, 0.29) is 11.4 Å². The van der Waals surface area contributed by atoms with Crippen molar-refractivity contribution >= 4 is 11.6 Å². The topological polar surface area (TPSA) is 29.3 Å². The molecule has 1 aromatic carbocycles. The molecule has 0 aliphatic heterocycles. The molecule has 2 nitrogen and oxygen atoms in total. The van der Waals surface area contributed by atoms with E-state index in [2.05, 4.69) is 0 Å². The zero-order valence-corrected chi connectivity index (χ0v) is 10.1. The van der Waals surface area contributed by atoms with Gasteiger partial charge in [-0.1, -0.05) is 11.6 Å². The molecule has 1 saturated carbocycles. The Morgan fingerprint density at radius 3 is 2.81 bits per heavy atom. The Hall–Kier alpha value is -0.640. The van der Waals surface area contributed by atoms with Crippen LogP contribution in [0.3, 0.4) is 0 Å². The lowest BCUT2D eigenvalue weighted by atomic mass is 10.2. The lowest BCUT2D eigenvalue weighted by Gasteiger charge is -2.21. The second kappa shape index (κ2) is 4.32. The predicted octanol–water partition coefficient (Wildman–Crippen LogP) is 2.40. The molecule has 0 atom stereocenters. The van der Waals surface area contributed by atoms with Gasteiger partial charge in [-0.25, -0.2) is 4.39 Å². The monoisotopic (exact) mass is 242 g/mol. The van der Waals surface area contributed by atoms with E-state index in [0.717, 1.165) is 19.4 Å². The molecule has 1 aliphatic rings. The van der Waals surface area contributed by atoms with Gasteiger partial charge in [0.1, 0.15) is 5.82 Å². The average Bonchev–Trinajstić information content (AvgIpc) is 2.89. The van der Waals surface area contributed by atoms with Gasteiger partial charge in [0.15, 0.2) is 0 Å². The fourth-order valence-corrected chi connectivity index (χ4v) is 2.06. The minimum atomic E-state index is -0.210. The van der Waals surface area contributed by atoms with E-state index >= 15 is 0 Å². The molecule has 2 rings (SSSR count). The molecule has 1 fully saturated rings. The van der Waals surface area contributed by atoms with Crippen molar-refractivity contribution in [3.05, 3.63) is 34.6 Å². The Labute approximate surface area is 100 Å². The Balaban J connectivity index is 1.99. The molecular weight excluding hydrogens is 227 g/mol. The van der Waals surface area contributed by atoms with Crippen LogP contribution in [0.25, 0.3) is 0 Å². The number of halogens is 2. The maximum Gasteiger partial charge on any atom is 0.127 e. The molecule has 1 aliphatic carbocycles. The first-order valence-electron chi connectivity index (χ1n) is 5.40. The fraction of sp³-hybridized carbons (Fsp3) is 0.500. The van der Waals surface area contributed by atoms with Gasteiger partial charge in [-0.15, -0.1) is 0 Å². The summed E-state index contributed by atoms with van der Waals surface area (Å²) >= 11 is 5.84. The van der Waals surface area contributed by atoms with Crippen LogP contribution in [0.15, 0.2) is 18.2 Å². The molecule has 2 N–H and O–H groups in total. The predicted molar refractivity (Wildman–Crippen MR) is 63.9 cm³/mol. The van der Waals surface area contributed by atoms with Crippen molar-refractivity contribution in [3.8, 4) is 0 Å². The van der Waals surface area contributed by atoms with E-state index in [1.807, 2.05) is 11.9 Å². The summed E-state index contributed by atoms with van der Waals surface area (Å²) in [7, 11) is 1.95. The molecule has 0 spiro atoms. The van der Waals surface area contributed by atoms with Crippen LogP contribution in [-0.4, -0.2) is 24.0 Å². The molecule has 0 saturated heterocycles. The van der Waals surface area contributed by atoms with E-state index in [1.165, 1.54) is 6.07 Å². The van der Waals surface area contributed by atoms with Crippen LogP contribution in [0, 0.1) is 5.82 Å². The van der Waals surface area contributed by atoms with E-state index in [0.29, 0.717) is 17.1 Å². The van der Waals surface area contributed by atoms with E-state index in [1.54, 1.807) is 12.1 Å². The third-order valence-electron chi connectivity index (χ3n) is 2.93. The van der Waals surface area contributed by atoms with Crippen LogP contribution in [-0.2, 0) is 6.54 Å². The number of nitrogens with zero attached hydrogens (tertiary/aromatic N) is 1. The first-order chi connectivity index (χ1) is 7.48. The molecule has 88 valence electrons. The third kappa shape index (κ3) is 2.94. The highest BCUT2D eigenvalue weighted by atomic mass is 35.5. The van der Waals surface area contributed by atoms with Crippen molar-refractivity contribution in [2.75, 3.05) is 13.6 Å². The Morgan fingerprint density at radius 2 is 2.19 bits per heavy atom. The molecule has 0 radical (unpaired) electrons. The van der Waals surface area contributed by atoms with Gasteiger partial charge in [0.2, 0.25) is 0 Å². The maximum absolute atomic E-state index is 13.5. The molecule has 0 bridgehead atoms. The summed E-state index contributed by atoms with van der Waals surface area (Å²) in [6.07, 6.45) is 2.13. The first kappa shape index (κ1) is 11.8. The van der Waals surface area contributed by atoms with Crippen molar-refractivity contribution in [2.45, 2.75) is 24.9 Å². The smallest absolute Gasteiger partial charge is 0.127 e. The number of rotatable bonds is 4. The van der Waals surface area contributed by atoms with E-state index < -0.39 is 0 Å². The molecular formula is C12H16ClFN2. The highest BCUT2D eigenvalue weighted by molar-refractivity contribution is 6.30. The second-order valence-electron chi connectivity index (χ2n) is 4.77. The second-order valence-corrected chi connectivity index (χ2v) is 5.21. The van der Waals surface area contributed by atoms with E-state index in [9.17, 15) is 4.39 Å². The van der Waals surface area contributed by atoms with Gasteiger partial charge in [0.05, 0.1) is 0 Å². The standard InChI is InChI=1S/C12H16ClFN2/c1-16(8-12(15)4-5-12)7-9-6-10(13)2-3-11(9)14/h2-3,6H,4-5,7-8,15H2,1H3. The Bertz CT molecular complexity index is 391. The third-order valence-corrected chi connectivity index (χ3v) is 3.16. The SMILES string of the molecule is CN(Cc1cc(Cl)ccc1F)CC1(N)CC1. The Kier molecular flexibility index (Phi) is 3.19. The molecule has 16 heavy (non-hydrogen) atoms. The zero-order valence-electron chi connectivity index (χ0n) is 9.34. The number of hydrogen-bond donors (Lipinski definition) is 1. The minimum Gasteiger partial charge on any atom is -0.324 e. The first-order valence-corrected chi connectivity index (χ1v) is 5.78. The molecule has 0 unspecified atom stereocenters. The van der Waals surface area contributed by atoms with Gasteiger partial charge in [0, 0.05) is 29.2 Å². The summed E-state index contributed by atoms with van der Waals surface area (Å²) in [5, 5.41) is 0.568. The van der Waals surface area contributed by atoms with Crippen LogP contribution < -0.4 is 5.73 Å². The van der Waals surface area contributed by atoms with Crippen LogP contribution >= 0.6 is 11.6 Å². The van der Waals surface area contributed by atoms with Crippen molar-refractivity contribution in [1.29, 1.82) is 0 Å². The van der Waals surface area contributed by atoms with Crippen LogP contribution in [0.5, 0.6) is 0 Å². The van der Waals surface area contributed by atoms with Crippen LogP contribution in [0.2, 0.25) is 5.02 Å². The van der Waals surface area contributed by atoms with Gasteiger partial charge in [-0.05, 0) is 38.1 Å². The molecule has 0 amide bonds. The quantitative estimate of drug-likeness (QED) is 0.879. The largest absolute Gasteiger partial charge is 0.324 e. The van der Waals surface area contributed by atoms with Gasteiger partial charge in [-0.2, -0.15) is 0 Å². The summed E-state index contributed by atoms with van der Waals surface area (Å²) in [4.78, 5) is 2.04. The van der Waals surface area contributed by atoms with Gasteiger partial charge < -0.3 is 10.6 Å². The molecule has 1 aromatic rings. The maximum atomic E-state index is 13.5. The number of hydrogen-bond acceptors (Lipinski definition) is 2. The minimum absolute atomic E-state index is 0.0379. The van der Waals surface area contributed by atoms with Crippen LogP contribution in [0.4, 0.5) is 4.39 Å². The average molecular weight is 243 g/mol. The molecule has 0 heterocycles. The summed E-state index contributed by atoms with van der Waals surface area (Å²) < 4.78 is 13.5. The van der Waals surface area contributed by atoms with Gasteiger partial charge >= 0.3 is 0 Å². The van der Waals surface area contributed by atoms with Gasteiger partial charge in [0.25, 0.3) is 0 Å². The van der Waals surface area contributed by atoms with Crippen molar-refractivity contribution in [2.24, 2.45) is 5.73 Å². The van der Waals surface area contributed by atoms with Gasteiger partial charge in [-0.3, -0.25) is 0 Å². The Morgan fingerprint density at radius 1 is 1.50 bits per heavy atom. The zero-order chi connectivity index (χ0) is 11.8. The summed E-state index contributed by atoms with van der Waals surface area (Å²) in [5.74, 6) is -0.210. The number of benzene rings is 1. The molecule has 0 aromatic heterocycles. The summed E-state index contributed by atoms with van der Waals surface area (Å²) in [6, 6.07) is 4.63. The highest BCUT2D eigenvalue weighted by Crippen LogP contribution is 2.33. The fourth-order valence-electron chi connectivity index (χ4n) is 1.87. The summed E-state index contributed by atoms with van der Waals surface area (Å²) in [6.45, 7) is 1.35.